The number of carbonyl (C=O) groups is 3. The molecule has 1 aliphatic carbocycles. The molecular formula is C29H42N2O5. The van der Waals surface area contributed by atoms with Crippen LogP contribution in [0.4, 0.5) is 0 Å². The second kappa shape index (κ2) is 14.8. The molecule has 198 valence electrons. The minimum Gasteiger partial charge on any atom is -0.463 e. The van der Waals surface area contributed by atoms with Crippen molar-refractivity contribution in [2.45, 2.75) is 83.2 Å². The zero-order chi connectivity index (χ0) is 25.8. The minimum absolute atomic E-state index is 0.0455. The van der Waals surface area contributed by atoms with Crippen LogP contribution in [-0.4, -0.2) is 48.2 Å². The van der Waals surface area contributed by atoms with Crippen LogP contribution in [0.1, 0.15) is 70.3 Å². The molecule has 4 atom stereocenters. The van der Waals surface area contributed by atoms with Crippen LogP contribution in [0.25, 0.3) is 0 Å². The van der Waals surface area contributed by atoms with Crippen LogP contribution >= 0.6 is 0 Å². The van der Waals surface area contributed by atoms with Gasteiger partial charge in [0.2, 0.25) is 11.8 Å². The number of nitrogens with one attached hydrogen (secondary N) is 2. The van der Waals surface area contributed by atoms with Gasteiger partial charge in [0.15, 0.2) is 0 Å². The van der Waals surface area contributed by atoms with Crippen molar-refractivity contribution in [3.05, 3.63) is 48.0 Å². The average molecular weight is 499 g/mol. The Morgan fingerprint density at radius 3 is 2.47 bits per heavy atom. The number of amides is 2. The zero-order valence-corrected chi connectivity index (χ0v) is 21.5. The Hall–Kier alpha value is -2.67. The Labute approximate surface area is 215 Å². The van der Waals surface area contributed by atoms with E-state index < -0.39 is 5.92 Å². The number of hydrogen-bond acceptors (Lipinski definition) is 5. The van der Waals surface area contributed by atoms with Crippen LogP contribution < -0.4 is 10.6 Å². The van der Waals surface area contributed by atoms with Gasteiger partial charge in [-0.1, -0.05) is 74.6 Å². The van der Waals surface area contributed by atoms with Gasteiger partial charge in [-0.05, 0) is 44.1 Å². The molecule has 0 radical (unpaired) electrons. The van der Waals surface area contributed by atoms with E-state index in [1.165, 1.54) is 19.3 Å². The topological polar surface area (TPSA) is 105 Å². The molecule has 3 N–H and O–H groups in total. The number of esters is 1. The Morgan fingerprint density at radius 1 is 1.08 bits per heavy atom. The van der Waals surface area contributed by atoms with E-state index in [2.05, 4.69) is 10.6 Å². The first-order valence-corrected chi connectivity index (χ1v) is 13.5. The first-order valence-electron chi connectivity index (χ1n) is 13.5. The molecule has 2 aliphatic rings. The van der Waals surface area contributed by atoms with Crippen molar-refractivity contribution in [3.63, 3.8) is 0 Å². The number of benzene rings is 1. The van der Waals surface area contributed by atoms with Crippen LogP contribution in [0, 0.1) is 17.8 Å². The van der Waals surface area contributed by atoms with Crippen LogP contribution in [-0.2, 0) is 25.5 Å². The quantitative estimate of drug-likeness (QED) is 0.375. The van der Waals surface area contributed by atoms with Gasteiger partial charge in [-0.25, -0.2) is 0 Å². The van der Waals surface area contributed by atoms with E-state index >= 15 is 0 Å². The summed E-state index contributed by atoms with van der Waals surface area (Å²) >= 11 is 0. The number of allylic oxidation sites excluding steroid dienone is 2. The number of carbonyl (C=O) groups excluding carboxylic acids is 3. The Bertz CT molecular complexity index is 866. The first kappa shape index (κ1) is 27.9. The van der Waals surface area contributed by atoms with Crippen molar-refractivity contribution in [2.75, 3.05) is 13.2 Å². The highest BCUT2D eigenvalue weighted by atomic mass is 16.5. The van der Waals surface area contributed by atoms with Crippen LogP contribution in [0.5, 0.6) is 0 Å². The zero-order valence-electron chi connectivity index (χ0n) is 21.5. The van der Waals surface area contributed by atoms with Crippen molar-refractivity contribution >= 4 is 17.8 Å². The van der Waals surface area contributed by atoms with E-state index in [-0.39, 0.29) is 55.4 Å². The number of cyclic esters (lactones) is 1. The fraction of sp³-hybridized carbons (Fsp3) is 0.621. The number of ether oxygens (including phenoxy) is 1. The maximum atomic E-state index is 13.2. The summed E-state index contributed by atoms with van der Waals surface area (Å²) in [6.45, 7) is 1.72. The van der Waals surface area contributed by atoms with Gasteiger partial charge in [0.25, 0.3) is 0 Å². The van der Waals surface area contributed by atoms with Crippen molar-refractivity contribution < 1.29 is 24.2 Å². The number of rotatable bonds is 8. The number of hydrogen-bond donors (Lipinski definition) is 3. The number of aliphatic hydroxyl groups is 1. The molecule has 0 spiro atoms. The van der Waals surface area contributed by atoms with Gasteiger partial charge in [-0.3, -0.25) is 14.4 Å². The molecule has 7 heteroatoms. The Balaban J connectivity index is 1.75. The lowest BCUT2D eigenvalue weighted by molar-refractivity contribution is -0.150. The molecule has 1 aliphatic heterocycles. The molecule has 0 aromatic heterocycles. The standard InChI is InChI=1S/C29H42N2O5/c1-21(19-32)30-27(33)18-24-14-8-9-15-25(16-22-10-4-2-5-11-22)29(35)36-20-26(31-28(24)34)17-23-12-6-3-7-13-23/h2,4-5,8-11,21,23-26,32H,3,6-7,12-20H2,1H3,(H,30,33)(H,31,34)/t21-,24-,25-,26+/m1/s1. The molecule has 2 amide bonds. The van der Waals surface area contributed by atoms with Gasteiger partial charge in [0.05, 0.1) is 24.5 Å². The second-order valence-electron chi connectivity index (χ2n) is 10.5. The number of aliphatic hydroxyl groups excluding tert-OH is 1. The lowest BCUT2D eigenvalue weighted by Gasteiger charge is -2.29. The smallest absolute Gasteiger partial charge is 0.309 e. The molecule has 1 heterocycles. The van der Waals surface area contributed by atoms with E-state index in [0.717, 1.165) is 24.8 Å². The normalized spacial score (nSPS) is 25.1. The predicted molar refractivity (Wildman–Crippen MR) is 139 cm³/mol. The van der Waals surface area contributed by atoms with Crippen LogP contribution in [0.15, 0.2) is 42.5 Å². The average Bonchev–Trinajstić information content (AvgIpc) is 2.88. The highest BCUT2D eigenvalue weighted by molar-refractivity contribution is 5.86. The minimum atomic E-state index is -0.524. The molecule has 7 nitrogen and oxygen atoms in total. The van der Waals surface area contributed by atoms with Crippen molar-refractivity contribution in [1.82, 2.24) is 10.6 Å². The predicted octanol–water partition coefficient (Wildman–Crippen LogP) is 3.70. The molecule has 1 fully saturated rings. The molecule has 0 saturated heterocycles. The van der Waals surface area contributed by atoms with E-state index in [1.54, 1.807) is 6.92 Å². The lowest BCUT2D eigenvalue weighted by atomic mass is 9.84. The van der Waals surface area contributed by atoms with Gasteiger partial charge in [-0.2, -0.15) is 0 Å². The third-order valence-corrected chi connectivity index (χ3v) is 7.27. The molecule has 0 unspecified atom stereocenters. The summed E-state index contributed by atoms with van der Waals surface area (Å²) in [5.41, 5.74) is 1.08. The highest BCUT2D eigenvalue weighted by Crippen LogP contribution is 2.28. The largest absolute Gasteiger partial charge is 0.463 e. The first-order chi connectivity index (χ1) is 17.4. The molecule has 0 bridgehead atoms. The maximum absolute atomic E-state index is 13.2. The molecule has 1 aromatic rings. The molecule has 1 aromatic carbocycles. The maximum Gasteiger partial charge on any atom is 0.309 e. The van der Waals surface area contributed by atoms with Gasteiger partial charge in [-0.15, -0.1) is 0 Å². The van der Waals surface area contributed by atoms with Crippen LogP contribution in [0.2, 0.25) is 0 Å². The summed E-state index contributed by atoms with van der Waals surface area (Å²) in [7, 11) is 0. The summed E-state index contributed by atoms with van der Waals surface area (Å²) < 4.78 is 5.79. The van der Waals surface area contributed by atoms with Crippen LogP contribution in [0.3, 0.4) is 0 Å². The van der Waals surface area contributed by atoms with Gasteiger partial charge < -0.3 is 20.5 Å². The summed E-state index contributed by atoms with van der Waals surface area (Å²) in [5.74, 6) is -1.01. The summed E-state index contributed by atoms with van der Waals surface area (Å²) in [4.78, 5) is 38.8. The van der Waals surface area contributed by atoms with Crippen molar-refractivity contribution in [2.24, 2.45) is 17.8 Å². The monoisotopic (exact) mass is 498 g/mol. The lowest BCUT2D eigenvalue weighted by Crippen LogP contribution is -2.45. The van der Waals surface area contributed by atoms with Gasteiger partial charge >= 0.3 is 5.97 Å². The van der Waals surface area contributed by atoms with E-state index in [0.29, 0.717) is 25.2 Å². The summed E-state index contributed by atoms with van der Waals surface area (Å²) in [5, 5.41) is 15.1. The SMILES string of the molecule is C[C@H](CO)NC(=O)C[C@H]1CC=CC[C@H](Cc2ccccc2)C(=O)OC[C@H](CC2CCCCC2)NC1=O. The second-order valence-corrected chi connectivity index (χ2v) is 10.5. The third-order valence-electron chi connectivity index (χ3n) is 7.27. The molecule has 36 heavy (non-hydrogen) atoms. The van der Waals surface area contributed by atoms with Gasteiger partial charge in [0.1, 0.15) is 6.61 Å². The van der Waals surface area contributed by atoms with E-state index in [1.807, 2.05) is 42.5 Å². The fourth-order valence-electron chi connectivity index (χ4n) is 5.18. The van der Waals surface area contributed by atoms with E-state index in [9.17, 15) is 19.5 Å². The molecular weight excluding hydrogens is 456 g/mol. The van der Waals surface area contributed by atoms with Gasteiger partial charge in [0, 0.05) is 12.5 Å². The van der Waals surface area contributed by atoms with E-state index in [4.69, 9.17) is 4.74 Å². The highest BCUT2D eigenvalue weighted by Gasteiger charge is 2.28. The summed E-state index contributed by atoms with van der Waals surface area (Å²) in [6, 6.07) is 9.29. The Morgan fingerprint density at radius 2 is 1.78 bits per heavy atom. The Kier molecular flexibility index (Phi) is 11.5. The summed E-state index contributed by atoms with van der Waals surface area (Å²) in [6.07, 6.45) is 12.1. The molecule has 3 rings (SSSR count). The van der Waals surface area contributed by atoms with Crippen molar-refractivity contribution in [3.8, 4) is 0 Å². The third kappa shape index (κ3) is 9.41. The fourth-order valence-corrected chi connectivity index (χ4v) is 5.18. The van der Waals surface area contributed by atoms with Crippen molar-refractivity contribution in [1.29, 1.82) is 0 Å². The molecule has 1 saturated carbocycles.